The number of carbonyl (C=O) groups is 2. The Balaban J connectivity index is 1.90. The van der Waals surface area contributed by atoms with E-state index in [1.807, 2.05) is 6.07 Å². The molecular weight excluding hydrogens is 384 g/mol. The van der Waals surface area contributed by atoms with Gasteiger partial charge in [-0.2, -0.15) is 0 Å². The highest BCUT2D eigenvalue weighted by molar-refractivity contribution is 6.11. The molecule has 2 aliphatic carbocycles. The third-order valence-electron chi connectivity index (χ3n) is 5.72. The summed E-state index contributed by atoms with van der Waals surface area (Å²) in [6.07, 6.45) is 1.48. The first-order chi connectivity index (χ1) is 14.4. The molecule has 0 saturated carbocycles. The molecule has 30 heavy (non-hydrogen) atoms. The van der Waals surface area contributed by atoms with Crippen molar-refractivity contribution < 1.29 is 18.4 Å². The number of allylic oxidation sites excluding steroid dienone is 2. The standard InChI is InChI=1S/C25H15F2NO2/c1-12(10-29)22-19-8-15(27)4-6-17(19)24-21(22)9-20-16-5-3-14(26)7-18(16)23(13(2)11-30)25(20)28-24/h3-11H,1-2H3/b22-12-,23-13+. The van der Waals surface area contributed by atoms with E-state index in [0.29, 0.717) is 44.8 Å². The van der Waals surface area contributed by atoms with Crippen molar-refractivity contribution in [3.63, 3.8) is 0 Å². The van der Waals surface area contributed by atoms with Crippen LogP contribution in [0.5, 0.6) is 0 Å². The molecule has 0 amide bonds. The van der Waals surface area contributed by atoms with Gasteiger partial charge in [0.25, 0.3) is 0 Å². The minimum Gasteiger partial charge on any atom is -0.298 e. The summed E-state index contributed by atoms with van der Waals surface area (Å²) in [4.78, 5) is 28.0. The van der Waals surface area contributed by atoms with Gasteiger partial charge in [-0.1, -0.05) is 6.07 Å². The van der Waals surface area contributed by atoms with Crippen LogP contribution in [0.1, 0.15) is 36.2 Å². The summed E-state index contributed by atoms with van der Waals surface area (Å²) < 4.78 is 28.0. The molecule has 3 nitrogen and oxygen atoms in total. The Hall–Kier alpha value is -3.73. The Bertz CT molecular complexity index is 1260. The number of nitrogens with zero attached hydrogens (tertiary/aromatic N) is 1. The fourth-order valence-electron chi connectivity index (χ4n) is 4.41. The topological polar surface area (TPSA) is 47.0 Å². The van der Waals surface area contributed by atoms with E-state index < -0.39 is 11.6 Å². The molecule has 5 rings (SSSR count). The van der Waals surface area contributed by atoms with E-state index in [9.17, 15) is 18.4 Å². The first kappa shape index (κ1) is 18.3. The van der Waals surface area contributed by atoms with Crippen LogP contribution in [0.15, 0.2) is 53.6 Å². The summed E-state index contributed by atoms with van der Waals surface area (Å²) in [5, 5.41) is 0. The van der Waals surface area contributed by atoms with Crippen molar-refractivity contribution in [3.05, 3.63) is 87.6 Å². The second kappa shape index (κ2) is 6.39. The van der Waals surface area contributed by atoms with Crippen LogP contribution < -0.4 is 0 Å². The van der Waals surface area contributed by atoms with Gasteiger partial charge in [0.1, 0.15) is 24.2 Å². The number of rotatable bonds is 2. The fourth-order valence-corrected chi connectivity index (χ4v) is 4.41. The number of halogens is 2. The highest BCUT2D eigenvalue weighted by Gasteiger charge is 2.33. The third-order valence-corrected chi connectivity index (χ3v) is 5.72. The van der Waals surface area contributed by atoms with E-state index in [1.165, 1.54) is 24.3 Å². The molecule has 0 bridgehead atoms. The first-order valence-electron chi connectivity index (χ1n) is 9.43. The molecule has 0 atom stereocenters. The molecule has 0 radical (unpaired) electrons. The van der Waals surface area contributed by atoms with Crippen LogP contribution >= 0.6 is 0 Å². The zero-order valence-electron chi connectivity index (χ0n) is 16.2. The Morgan fingerprint density at radius 3 is 1.87 bits per heavy atom. The van der Waals surface area contributed by atoms with Gasteiger partial charge >= 0.3 is 0 Å². The number of benzene rings is 2. The predicted octanol–water partition coefficient (Wildman–Crippen LogP) is 5.36. The van der Waals surface area contributed by atoms with Crippen LogP contribution in [-0.4, -0.2) is 17.6 Å². The molecule has 1 aromatic heterocycles. The predicted molar refractivity (Wildman–Crippen MR) is 111 cm³/mol. The first-order valence-corrected chi connectivity index (χ1v) is 9.43. The van der Waals surface area contributed by atoms with E-state index in [1.54, 1.807) is 26.0 Å². The van der Waals surface area contributed by atoms with Gasteiger partial charge in [0.2, 0.25) is 0 Å². The lowest BCUT2D eigenvalue weighted by Crippen LogP contribution is -1.95. The molecule has 2 aromatic carbocycles. The van der Waals surface area contributed by atoms with Crippen molar-refractivity contribution in [1.82, 2.24) is 4.98 Å². The SMILES string of the molecule is C/C(C=O)=C1\c2cc(F)ccc2-c2nc3c(cc21)-c1ccc(F)cc1/C3=C(/C)C=O. The minimum atomic E-state index is -0.400. The Morgan fingerprint density at radius 2 is 1.23 bits per heavy atom. The largest absolute Gasteiger partial charge is 0.298 e. The van der Waals surface area contributed by atoms with Crippen LogP contribution in [0.4, 0.5) is 8.78 Å². The lowest BCUT2D eigenvalue weighted by molar-refractivity contribution is -0.105. The maximum atomic E-state index is 14.0. The van der Waals surface area contributed by atoms with Crippen LogP contribution in [0.2, 0.25) is 0 Å². The van der Waals surface area contributed by atoms with E-state index in [4.69, 9.17) is 4.98 Å². The number of aromatic nitrogens is 1. The molecule has 0 unspecified atom stereocenters. The maximum Gasteiger partial charge on any atom is 0.146 e. The van der Waals surface area contributed by atoms with Crippen molar-refractivity contribution in [1.29, 1.82) is 0 Å². The Morgan fingerprint density at radius 1 is 0.667 bits per heavy atom. The van der Waals surface area contributed by atoms with Crippen molar-refractivity contribution in [3.8, 4) is 22.4 Å². The van der Waals surface area contributed by atoms with Crippen molar-refractivity contribution >= 4 is 23.7 Å². The second-order valence-corrected chi connectivity index (χ2v) is 7.51. The van der Waals surface area contributed by atoms with Crippen LogP contribution in [0, 0.1) is 11.6 Å². The molecule has 146 valence electrons. The minimum absolute atomic E-state index is 0.400. The summed E-state index contributed by atoms with van der Waals surface area (Å²) in [5.41, 5.74) is 7.53. The van der Waals surface area contributed by atoms with Crippen molar-refractivity contribution in [2.24, 2.45) is 0 Å². The molecule has 1 heterocycles. The highest BCUT2D eigenvalue weighted by Crippen LogP contribution is 2.51. The molecule has 0 N–H and O–H groups in total. The fraction of sp³-hybridized carbons (Fsp3) is 0.0800. The van der Waals surface area contributed by atoms with Crippen LogP contribution in [-0.2, 0) is 9.59 Å². The van der Waals surface area contributed by atoms with Gasteiger partial charge in [0.05, 0.1) is 11.4 Å². The van der Waals surface area contributed by atoms with E-state index in [-0.39, 0.29) is 0 Å². The van der Waals surface area contributed by atoms with Crippen molar-refractivity contribution in [2.45, 2.75) is 13.8 Å². The van der Waals surface area contributed by atoms with Gasteiger partial charge in [-0.15, -0.1) is 0 Å². The van der Waals surface area contributed by atoms with Gasteiger partial charge in [0.15, 0.2) is 0 Å². The number of carbonyl (C=O) groups excluding carboxylic acids is 2. The van der Waals surface area contributed by atoms with Gasteiger partial charge in [-0.25, -0.2) is 13.8 Å². The van der Waals surface area contributed by atoms with Crippen LogP contribution in [0.25, 0.3) is 33.5 Å². The van der Waals surface area contributed by atoms with Gasteiger partial charge in [-0.05, 0) is 83.7 Å². The lowest BCUT2D eigenvalue weighted by atomic mass is 9.97. The Labute approximate surface area is 171 Å². The summed E-state index contributed by atoms with van der Waals surface area (Å²) in [6.45, 7) is 3.36. The normalized spacial score (nSPS) is 16.4. The third kappa shape index (κ3) is 2.38. The number of pyridine rings is 1. The number of aldehydes is 2. The zero-order valence-corrected chi connectivity index (χ0v) is 16.2. The smallest absolute Gasteiger partial charge is 0.146 e. The van der Waals surface area contributed by atoms with Gasteiger partial charge in [-0.3, -0.25) is 9.59 Å². The summed E-state index contributed by atoms with van der Waals surface area (Å²) >= 11 is 0. The number of fused-ring (bicyclic) bond motifs is 6. The molecule has 0 aliphatic heterocycles. The van der Waals surface area contributed by atoms with E-state index in [0.717, 1.165) is 34.8 Å². The monoisotopic (exact) mass is 399 g/mol. The molecule has 0 fully saturated rings. The number of hydrogen-bond acceptors (Lipinski definition) is 3. The van der Waals surface area contributed by atoms with E-state index >= 15 is 0 Å². The maximum absolute atomic E-state index is 14.0. The molecule has 0 saturated heterocycles. The summed E-state index contributed by atoms with van der Waals surface area (Å²) in [6, 6.07) is 10.7. The summed E-state index contributed by atoms with van der Waals surface area (Å²) in [5.74, 6) is -0.799. The van der Waals surface area contributed by atoms with Crippen LogP contribution in [0.3, 0.4) is 0 Å². The second-order valence-electron chi connectivity index (χ2n) is 7.51. The van der Waals surface area contributed by atoms with E-state index in [2.05, 4.69) is 0 Å². The molecule has 5 heteroatoms. The molecule has 2 aliphatic rings. The van der Waals surface area contributed by atoms with Gasteiger partial charge < -0.3 is 0 Å². The molecular formula is C25H15F2NO2. The Kier molecular flexibility index (Phi) is 3.90. The molecule has 3 aromatic rings. The van der Waals surface area contributed by atoms with Crippen molar-refractivity contribution in [2.75, 3.05) is 0 Å². The molecule has 0 spiro atoms. The summed E-state index contributed by atoms with van der Waals surface area (Å²) in [7, 11) is 0. The quantitative estimate of drug-likeness (QED) is 0.296. The number of hydrogen-bond donors (Lipinski definition) is 0. The van der Waals surface area contributed by atoms with Gasteiger partial charge in [0, 0.05) is 22.3 Å². The lowest BCUT2D eigenvalue weighted by Gasteiger charge is -2.08. The highest BCUT2D eigenvalue weighted by atomic mass is 19.1. The zero-order chi connectivity index (χ0) is 21.2. The average molecular weight is 399 g/mol. The average Bonchev–Trinajstić information content (AvgIpc) is 3.22.